The number of aromatic amines is 1. The van der Waals surface area contributed by atoms with Crippen molar-refractivity contribution in [3.63, 3.8) is 0 Å². The Morgan fingerprint density at radius 3 is 2.73 bits per heavy atom. The summed E-state index contributed by atoms with van der Waals surface area (Å²) in [5.74, 6) is 1.16. The molecule has 1 aliphatic carbocycles. The summed E-state index contributed by atoms with van der Waals surface area (Å²) in [7, 11) is 1.68. The lowest BCUT2D eigenvalue weighted by Crippen LogP contribution is -2.42. The Hall–Kier alpha value is -2.86. The van der Waals surface area contributed by atoms with Crippen LogP contribution in [0.3, 0.4) is 0 Å². The van der Waals surface area contributed by atoms with Crippen molar-refractivity contribution in [2.24, 2.45) is 5.92 Å². The number of ether oxygens (including phenoxy) is 1. The van der Waals surface area contributed by atoms with Crippen LogP contribution in [0.1, 0.15) is 42.5 Å². The number of H-pyrrole nitrogens is 1. The van der Waals surface area contributed by atoms with Crippen LogP contribution in [-0.4, -0.2) is 47.4 Å². The number of halogens is 1. The zero-order valence-corrected chi connectivity index (χ0v) is 19.3. The highest BCUT2D eigenvalue weighted by atomic mass is 19.1. The van der Waals surface area contributed by atoms with Gasteiger partial charge in [-0.1, -0.05) is 24.6 Å². The van der Waals surface area contributed by atoms with Crippen molar-refractivity contribution in [2.45, 2.75) is 45.2 Å². The van der Waals surface area contributed by atoms with E-state index in [0.717, 1.165) is 75.2 Å². The molecule has 1 amide bonds. The van der Waals surface area contributed by atoms with Gasteiger partial charge in [0.2, 0.25) is 5.91 Å². The molecule has 174 valence electrons. The fourth-order valence-electron chi connectivity index (χ4n) is 5.12. The first kappa shape index (κ1) is 22.0. The van der Waals surface area contributed by atoms with Gasteiger partial charge in [0.05, 0.1) is 7.11 Å². The topological polar surface area (TPSA) is 48.6 Å². The first-order valence-corrected chi connectivity index (χ1v) is 12.0. The number of hydrogen-bond donors (Lipinski definition) is 1. The van der Waals surface area contributed by atoms with Gasteiger partial charge in [0.15, 0.2) is 0 Å². The van der Waals surface area contributed by atoms with Crippen molar-refractivity contribution in [1.29, 1.82) is 0 Å². The van der Waals surface area contributed by atoms with E-state index in [1.165, 1.54) is 17.0 Å². The molecular weight excluding hydrogens is 417 g/mol. The largest absolute Gasteiger partial charge is 0.497 e. The number of nitrogens with zero attached hydrogens (tertiary/aromatic N) is 2. The van der Waals surface area contributed by atoms with Crippen molar-refractivity contribution in [3.05, 3.63) is 65.1 Å². The Kier molecular flexibility index (Phi) is 6.36. The quantitative estimate of drug-likeness (QED) is 0.617. The SMILES string of the molecule is COc1ccc2c3c([nH]c2c1)CN(Cc1ccccc1F)CCCN(C(=O)C1CCC1)CC3. The molecule has 1 saturated carbocycles. The summed E-state index contributed by atoms with van der Waals surface area (Å²) < 4.78 is 19.8. The summed E-state index contributed by atoms with van der Waals surface area (Å²) in [6.07, 6.45) is 4.90. The molecule has 2 heterocycles. The Balaban J connectivity index is 1.47. The molecule has 3 aromatic rings. The molecule has 0 saturated heterocycles. The van der Waals surface area contributed by atoms with E-state index < -0.39 is 0 Å². The van der Waals surface area contributed by atoms with Gasteiger partial charge in [0.25, 0.3) is 0 Å². The highest BCUT2D eigenvalue weighted by molar-refractivity contribution is 5.86. The van der Waals surface area contributed by atoms with Crippen LogP contribution >= 0.6 is 0 Å². The average molecular weight is 450 g/mol. The normalized spacial score (nSPS) is 18.1. The van der Waals surface area contributed by atoms with E-state index in [9.17, 15) is 9.18 Å². The molecule has 2 aromatic carbocycles. The molecule has 1 fully saturated rings. The number of nitrogens with one attached hydrogen (secondary N) is 1. The highest BCUT2D eigenvalue weighted by Crippen LogP contribution is 2.31. The van der Waals surface area contributed by atoms with Crippen LogP contribution in [0.5, 0.6) is 5.75 Å². The molecule has 0 spiro atoms. The molecule has 0 unspecified atom stereocenters. The number of fused-ring (bicyclic) bond motifs is 3. The van der Waals surface area contributed by atoms with Crippen LogP contribution in [0.4, 0.5) is 4.39 Å². The van der Waals surface area contributed by atoms with E-state index in [4.69, 9.17) is 4.74 Å². The second-order valence-electron chi connectivity index (χ2n) is 9.35. The van der Waals surface area contributed by atoms with Gasteiger partial charge in [-0.3, -0.25) is 9.69 Å². The Morgan fingerprint density at radius 1 is 1.12 bits per heavy atom. The van der Waals surface area contributed by atoms with E-state index in [-0.39, 0.29) is 11.7 Å². The smallest absolute Gasteiger partial charge is 0.225 e. The standard InChI is InChI=1S/C27H32FN3O2/c1-33-21-10-11-22-23-12-15-31(27(32)19-7-4-8-19)14-5-13-30(18-26(23)29-25(22)16-21)17-20-6-2-3-9-24(20)28/h2-3,6,9-11,16,19,29H,4-5,7-8,12-15,17-18H2,1H3. The first-order valence-electron chi connectivity index (χ1n) is 12.0. The van der Waals surface area contributed by atoms with Gasteiger partial charge in [0, 0.05) is 66.9 Å². The molecule has 33 heavy (non-hydrogen) atoms. The number of rotatable bonds is 4. The van der Waals surface area contributed by atoms with Gasteiger partial charge in [-0.2, -0.15) is 0 Å². The zero-order chi connectivity index (χ0) is 22.8. The predicted octanol–water partition coefficient (Wildman–Crippen LogP) is 4.89. The highest BCUT2D eigenvalue weighted by Gasteiger charge is 2.30. The minimum atomic E-state index is -0.169. The molecule has 5 rings (SSSR count). The van der Waals surface area contributed by atoms with Crippen molar-refractivity contribution < 1.29 is 13.9 Å². The van der Waals surface area contributed by atoms with Crippen LogP contribution < -0.4 is 4.74 Å². The molecule has 6 heteroatoms. The van der Waals surface area contributed by atoms with Crippen LogP contribution in [0.25, 0.3) is 10.9 Å². The summed E-state index contributed by atoms with van der Waals surface area (Å²) >= 11 is 0. The minimum Gasteiger partial charge on any atom is -0.497 e. The van der Waals surface area contributed by atoms with Crippen molar-refractivity contribution in [1.82, 2.24) is 14.8 Å². The third kappa shape index (κ3) is 4.62. The summed E-state index contributed by atoms with van der Waals surface area (Å²) in [4.78, 5) is 21.1. The second kappa shape index (κ2) is 9.56. The lowest BCUT2D eigenvalue weighted by Gasteiger charge is -2.33. The Bertz CT molecular complexity index is 1140. The van der Waals surface area contributed by atoms with Crippen LogP contribution in [-0.2, 0) is 24.3 Å². The van der Waals surface area contributed by atoms with Gasteiger partial charge in [0.1, 0.15) is 11.6 Å². The number of carbonyl (C=O) groups is 1. The summed E-state index contributed by atoms with van der Waals surface area (Å²) in [5.41, 5.74) is 4.14. The molecular formula is C27H32FN3O2. The third-order valence-corrected chi connectivity index (χ3v) is 7.24. The number of aromatic nitrogens is 1. The van der Waals surface area contributed by atoms with Gasteiger partial charge < -0.3 is 14.6 Å². The maximum atomic E-state index is 14.4. The first-order chi connectivity index (χ1) is 16.1. The molecule has 5 nitrogen and oxygen atoms in total. The second-order valence-corrected chi connectivity index (χ2v) is 9.35. The molecule has 0 atom stereocenters. The Morgan fingerprint density at radius 2 is 1.97 bits per heavy atom. The van der Waals surface area contributed by atoms with Crippen LogP contribution in [0, 0.1) is 11.7 Å². The lowest BCUT2D eigenvalue weighted by molar-refractivity contribution is -0.138. The lowest BCUT2D eigenvalue weighted by atomic mass is 9.84. The van der Waals surface area contributed by atoms with Gasteiger partial charge in [-0.05, 0) is 49.4 Å². The molecule has 0 bridgehead atoms. The van der Waals surface area contributed by atoms with E-state index in [0.29, 0.717) is 18.0 Å². The molecule has 1 N–H and O–H groups in total. The number of benzene rings is 2. The summed E-state index contributed by atoms with van der Waals surface area (Å²) in [5, 5.41) is 1.17. The van der Waals surface area contributed by atoms with Crippen LogP contribution in [0.15, 0.2) is 42.5 Å². The van der Waals surface area contributed by atoms with Crippen molar-refractivity contribution >= 4 is 16.8 Å². The van der Waals surface area contributed by atoms with Gasteiger partial charge in [-0.15, -0.1) is 0 Å². The maximum absolute atomic E-state index is 14.4. The van der Waals surface area contributed by atoms with Crippen LogP contribution in [0.2, 0.25) is 0 Å². The molecule has 0 radical (unpaired) electrons. The maximum Gasteiger partial charge on any atom is 0.225 e. The fraction of sp³-hybridized carbons (Fsp3) is 0.444. The monoisotopic (exact) mass is 449 g/mol. The van der Waals surface area contributed by atoms with E-state index in [2.05, 4.69) is 20.9 Å². The van der Waals surface area contributed by atoms with Gasteiger partial charge in [-0.25, -0.2) is 4.39 Å². The molecule has 1 aromatic heterocycles. The zero-order valence-electron chi connectivity index (χ0n) is 19.3. The predicted molar refractivity (Wildman–Crippen MR) is 128 cm³/mol. The van der Waals surface area contributed by atoms with Crippen molar-refractivity contribution in [3.8, 4) is 5.75 Å². The number of amides is 1. The minimum absolute atomic E-state index is 0.169. The Labute approximate surface area is 194 Å². The summed E-state index contributed by atoms with van der Waals surface area (Å²) in [6.45, 7) is 3.57. The summed E-state index contributed by atoms with van der Waals surface area (Å²) in [6, 6.07) is 13.1. The third-order valence-electron chi connectivity index (χ3n) is 7.24. The number of carbonyl (C=O) groups excluding carboxylic acids is 1. The average Bonchev–Trinajstić information content (AvgIpc) is 3.12. The van der Waals surface area contributed by atoms with E-state index in [1.807, 2.05) is 24.3 Å². The number of methoxy groups -OCH3 is 1. The molecule has 2 aliphatic rings. The van der Waals surface area contributed by atoms with E-state index in [1.54, 1.807) is 13.2 Å². The fourth-order valence-corrected chi connectivity index (χ4v) is 5.12. The van der Waals surface area contributed by atoms with Gasteiger partial charge >= 0.3 is 0 Å². The van der Waals surface area contributed by atoms with Crippen molar-refractivity contribution in [2.75, 3.05) is 26.7 Å². The number of hydrogen-bond acceptors (Lipinski definition) is 3. The molecule has 1 aliphatic heterocycles. The van der Waals surface area contributed by atoms with E-state index >= 15 is 0 Å².